The molecule has 1 N–H and O–H groups in total. The summed E-state index contributed by atoms with van der Waals surface area (Å²) in [5.41, 5.74) is 4.30. The minimum Gasteiger partial charge on any atom is -0.497 e. The van der Waals surface area contributed by atoms with Gasteiger partial charge in [0.05, 0.1) is 18.5 Å². The molecule has 0 fully saturated rings. The first-order valence-electron chi connectivity index (χ1n) is 9.91. The molecule has 0 saturated heterocycles. The highest BCUT2D eigenvalue weighted by Gasteiger charge is 2.23. The highest BCUT2D eigenvalue weighted by atomic mass is 16.5. The fourth-order valence-electron chi connectivity index (χ4n) is 3.05. The van der Waals surface area contributed by atoms with Gasteiger partial charge in [-0.2, -0.15) is 9.90 Å². The summed E-state index contributed by atoms with van der Waals surface area (Å²) in [7, 11) is 1.59. The van der Waals surface area contributed by atoms with Crippen LogP contribution in [0.5, 0.6) is 5.75 Å². The molecule has 8 nitrogen and oxygen atoms in total. The Bertz CT molecular complexity index is 1090. The summed E-state index contributed by atoms with van der Waals surface area (Å²) in [6, 6.07) is 13.2. The van der Waals surface area contributed by atoms with E-state index in [-0.39, 0.29) is 5.69 Å². The average molecular weight is 422 g/mol. The molecular formula is C23H26N4O4. The standard InChI is InChI=1S/C23H26N4O4/c1-14-6-11-20(15(2)12-14)27-25-16(3)21(26-27)23(29)31-17(4)22(28)24-13-18-7-9-19(30-5)10-8-18/h6-12,17H,13H2,1-5H3,(H,24,28)/t17-/m0/s1. The molecule has 0 spiro atoms. The summed E-state index contributed by atoms with van der Waals surface area (Å²) < 4.78 is 10.4. The maximum atomic E-state index is 12.6. The van der Waals surface area contributed by atoms with Gasteiger partial charge in [0, 0.05) is 6.54 Å². The molecule has 0 unspecified atom stereocenters. The number of methoxy groups -OCH3 is 1. The van der Waals surface area contributed by atoms with E-state index in [0.717, 1.165) is 28.1 Å². The van der Waals surface area contributed by atoms with Crippen LogP contribution in [0.1, 0.15) is 39.8 Å². The van der Waals surface area contributed by atoms with E-state index in [0.29, 0.717) is 12.2 Å². The maximum Gasteiger partial charge on any atom is 0.361 e. The quantitative estimate of drug-likeness (QED) is 0.588. The zero-order valence-corrected chi connectivity index (χ0v) is 18.3. The molecule has 0 radical (unpaired) electrons. The molecule has 0 aliphatic rings. The molecule has 0 bridgehead atoms. The lowest BCUT2D eigenvalue weighted by Gasteiger charge is -2.13. The Morgan fingerprint density at radius 3 is 2.42 bits per heavy atom. The minimum atomic E-state index is -0.976. The highest BCUT2D eigenvalue weighted by Crippen LogP contribution is 2.16. The number of nitrogens with one attached hydrogen (secondary N) is 1. The van der Waals surface area contributed by atoms with E-state index in [1.165, 1.54) is 11.7 Å². The van der Waals surface area contributed by atoms with Gasteiger partial charge in [0.2, 0.25) is 0 Å². The lowest BCUT2D eigenvalue weighted by molar-refractivity contribution is -0.129. The van der Waals surface area contributed by atoms with Gasteiger partial charge in [-0.25, -0.2) is 4.79 Å². The maximum absolute atomic E-state index is 12.6. The number of carbonyl (C=O) groups is 2. The number of carbonyl (C=O) groups excluding carboxylic acids is 2. The second-order valence-electron chi connectivity index (χ2n) is 7.33. The Balaban J connectivity index is 1.62. The third-order valence-electron chi connectivity index (χ3n) is 4.82. The number of aromatic nitrogens is 3. The summed E-state index contributed by atoms with van der Waals surface area (Å²) in [5.74, 6) is -0.356. The molecule has 1 atom stereocenters. The van der Waals surface area contributed by atoms with Gasteiger partial charge in [0.1, 0.15) is 5.75 Å². The Labute approximate surface area is 181 Å². The van der Waals surface area contributed by atoms with Crippen LogP contribution in [0.2, 0.25) is 0 Å². The Morgan fingerprint density at radius 2 is 1.77 bits per heavy atom. The lowest BCUT2D eigenvalue weighted by Crippen LogP contribution is -2.35. The number of ether oxygens (including phenoxy) is 2. The molecule has 0 saturated carbocycles. The van der Waals surface area contributed by atoms with Gasteiger partial charge in [-0.1, -0.05) is 29.8 Å². The molecular weight excluding hydrogens is 396 g/mol. The van der Waals surface area contributed by atoms with E-state index < -0.39 is 18.0 Å². The van der Waals surface area contributed by atoms with Gasteiger partial charge in [-0.3, -0.25) is 4.79 Å². The largest absolute Gasteiger partial charge is 0.497 e. The van der Waals surface area contributed by atoms with Gasteiger partial charge in [0.25, 0.3) is 5.91 Å². The van der Waals surface area contributed by atoms with Crippen LogP contribution in [-0.2, 0) is 16.1 Å². The van der Waals surface area contributed by atoms with Gasteiger partial charge in [0.15, 0.2) is 11.8 Å². The van der Waals surface area contributed by atoms with Crippen LogP contribution in [-0.4, -0.2) is 40.1 Å². The third-order valence-corrected chi connectivity index (χ3v) is 4.82. The number of hydrogen-bond donors (Lipinski definition) is 1. The second kappa shape index (κ2) is 9.42. The van der Waals surface area contributed by atoms with Crippen LogP contribution < -0.4 is 10.1 Å². The number of rotatable bonds is 7. The summed E-state index contributed by atoms with van der Waals surface area (Å²) >= 11 is 0. The monoisotopic (exact) mass is 422 g/mol. The smallest absolute Gasteiger partial charge is 0.361 e. The van der Waals surface area contributed by atoms with Gasteiger partial charge < -0.3 is 14.8 Å². The van der Waals surface area contributed by atoms with Crippen molar-refractivity contribution in [1.29, 1.82) is 0 Å². The number of amides is 1. The first-order valence-corrected chi connectivity index (χ1v) is 9.91. The summed E-state index contributed by atoms with van der Waals surface area (Å²) in [4.78, 5) is 26.3. The van der Waals surface area contributed by atoms with Crippen molar-refractivity contribution in [2.75, 3.05) is 7.11 Å². The molecule has 8 heteroatoms. The van der Waals surface area contributed by atoms with Crippen LogP contribution in [0.15, 0.2) is 42.5 Å². The molecule has 1 aromatic heterocycles. The predicted molar refractivity (Wildman–Crippen MR) is 115 cm³/mol. The van der Waals surface area contributed by atoms with Crippen molar-refractivity contribution in [2.45, 2.75) is 40.3 Å². The van der Waals surface area contributed by atoms with E-state index in [9.17, 15) is 9.59 Å². The molecule has 1 heterocycles. The predicted octanol–water partition coefficient (Wildman–Crippen LogP) is 3.06. The fourth-order valence-corrected chi connectivity index (χ4v) is 3.05. The van der Waals surface area contributed by atoms with E-state index in [4.69, 9.17) is 9.47 Å². The summed E-state index contributed by atoms with van der Waals surface area (Å²) in [6.45, 7) is 7.46. The molecule has 3 rings (SSSR count). The third kappa shape index (κ3) is 5.28. The van der Waals surface area contributed by atoms with Crippen molar-refractivity contribution in [1.82, 2.24) is 20.3 Å². The first-order chi connectivity index (χ1) is 14.8. The lowest BCUT2D eigenvalue weighted by atomic mass is 10.1. The van der Waals surface area contributed by atoms with E-state index in [1.54, 1.807) is 14.0 Å². The number of hydrogen-bond acceptors (Lipinski definition) is 6. The summed E-state index contributed by atoms with van der Waals surface area (Å²) in [6.07, 6.45) is -0.976. The van der Waals surface area contributed by atoms with Gasteiger partial charge in [-0.05, 0) is 57.0 Å². The summed E-state index contributed by atoms with van der Waals surface area (Å²) in [5, 5.41) is 11.4. The molecule has 0 aliphatic carbocycles. The van der Waals surface area contributed by atoms with Gasteiger partial charge in [-0.15, -0.1) is 5.10 Å². The van der Waals surface area contributed by atoms with Crippen LogP contribution in [0.25, 0.3) is 5.69 Å². The number of esters is 1. The topological polar surface area (TPSA) is 95.3 Å². The van der Waals surface area contributed by atoms with Crippen LogP contribution >= 0.6 is 0 Å². The van der Waals surface area contributed by atoms with E-state index in [1.807, 2.05) is 56.3 Å². The fraction of sp³-hybridized carbons (Fsp3) is 0.304. The zero-order valence-electron chi connectivity index (χ0n) is 18.3. The molecule has 31 heavy (non-hydrogen) atoms. The number of benzene rings is 2. The minimum absolute atomic E-state index is 0.0785. The molecule has 3 aromatic rings. The Kier molecular flexibility index (Phi) is 6.69. The number of aryl methyl sites for hydroxylation is 3. The van der Waals surface area contributed by atoms with Crippen molar-refractivity contribution < 1.29 is 19.1 Å². The highest BCUT2D eigenvalue weighted by molar-refractivity contribution is 5.91. The molecule has 2 aromatic carbocycles. The van der Waals surface area contributed by atoms with Crippen molar-refractivity contribution in [3.05, 3.63) is 70.5 Å². The number of nitrogens with zero attached hydrogens (tertiary/aromatic N) is 3. The first kappa shape index (κ1) is 22.0. The van der Waals surface area contributed by atoms with Crippen LogP contribution in [0, 0.1) is 20.8 Å². The molecule has 0 aliphatic heterocycles. The van der Waals surface area contributed by atoms with Crippen molar-refractivity contribution in [3.8, 4) is 11.4 Å². The second-order valence-corrected chi connectivity index (χ2v) is 7.33. The average Bonchev–Trinajstić information content (AvgIpc) is 3.13. The van der Waals surface area contributed by atoms with E-state index >= 15 is 0 Å². The molecule has 162 valence electrons. The SMILES string of the molecule is COc1ccc(CNC(=O)[C@H](C)OC(=O)c2nn(-c3ccc(C)cc3C)nc2C)cc1. The van der Waals surface area contributed by atoms with Crippen molar-refractivity contribution >= 4 is 11.9 Å². The normalized spacial score (nSPS) is 11.6. The van der Waals surface area contributed by atoms with Crippen molar-refractivity contribution in [2.24, 2.45) is 0 Å². The molecule has 1 amide bonds. The van der Waals surface area contributed by atoms with Crippen LogP contribution in [0.3, 0.4) is 0 Å². The Morgan fingerprint density at radius 1 is 1.06 bits per heavy atom. The van der Waals surface area contributed by atoms with Crippen molar-refractivity contribution in [3.63, 3.8) is 0 Å². The van der Waals surface area contributed by atoms with E-state index in [2.05, 4.69) is 15.5 Å². The van der Waals surface area contributed by atoms with Crippen LogP contribution in [0.4, 0.5) is 0 Å². The van der Waals surface area contributed by atoms with Gasteiger partial charge >= 0.3 is 5.97 Å². The Hall–Kier alpha value is -3.68. The zero-order chi connectivity index (χ0) is 22.5.